The van der Waals surface area contributed by atoms with Crippen LogP contribution in [-0.4, -0.2) is 74.2 Å². The standard InChI is InChI=1S/C33H36N4O5S/c38-31(34-28-17-21-36(22-18-28)32(39)26-7-3-1-4-8-26)16-13-25-11-14-30(15-12-25)43(41,42)35-29-19-23-37(24-20-29)33(40)27-9-5-2-6-10-27/h1-16,28-29,35H,17-24H2,(H,34,38). The van der Waals surface area contributed by atoms with Gasteiger partial charge in [0, 0.05) is 55.5 Å². The van der Waals surface area contributed by atoms with Crippen LogP contribution in [0.25, 0.3) is 6.08 Å². The number of amides is 3. The Morgan fingerprint density at radius 2 is 1.12 bits per heavy atom. The molecule has 2 aliphatic rings. The van der Waals surface area contributed by atoms with Gasteiger partial charge in [0.15, 0.2) is 0 Å². The Morgan fingerprint density at radius 3 is 1.60 bits per heavy atom. The summed E-state index contributed by atoms with van der Waals surface area (Å²) in [4.78, 5) is 41.5. The second kappa shape index (κ2) is 13.8. The van der Waals surface area contributed by atoms with Gasteiger partial charge in [-0.1, -0.05) is 48.5 Å². The maximum absolute atomic E-state index is 13.0. The van der Waals surface area contributed by atoms with Crippen LogP contribution in [0.5, 0.6) is 0 Å². The summed E-state index contributed by atoms with van der Waals surface area (Å²) in [5.74, 6) is -0.269. The molecule has 9 nitrogen and oxygen atoms in total. The fourth-order valence-electron chi connectivity index (χ4n) is 5.42. The Morgan fingerprint density at radius 1 is 0.651 bits per heavy atom. The van der Waals surface area contributed by atoms with Gasteiger partial charge in [-0.05, 0) is 73.7 Å². The molecule has 224 valence electrons. The lowest BCUT2D eigenvalue weighted by molar-refractivity contribution is -0.117. The summed E-state index contributed by atoms with van der Waals surface area (Å²) in [5, 5.41) is 2.99. The largest absolute Gasteiger partial charge is 0.350 e. The van der Waals surface area contributed by atoms with Crippen molar-refractivity contribution in [3.8, 4) is 0 Å². The van der Waals surface area contributed by atoms with Crippen LogP contribution in [0.1, 0.15) is 52.0 Å². The number of hydrogen-bond donors (Lipinski definition) is 2. The fourth-order valence-corrected chi connectivity index (χ4v) is 6.73. The van der Waals surface area contributed by atoms with Crippen molar-refractivity contribution in [1.82, 2.24) is 19.8 Å². The van der Waals surface area contributed by atoms with E-state index in [1.165, 1.54) is 18.2 Å². The average Bonchev–Trinajstić information content (AvgIpc) is 3.05. The van der Waals surface area contributed by atoms with Crippen molar-refractivity contribution < 1.29 is 22.8 Å². The van der Waals surface area contributed by atoms with E-state index >= 15 is 0 Å². The number of sulfonamides is 1. The molecule has 5 rings (SSSR count). The number of likely N-dealkylation sites (tertiary alicyclic amines) is 2. The molecule has 2 fully saturated rings. The van der Waals surface area contributed by atoms with Crippen LogP contribution in [-0.2, 0) is 14.8 Å². The lowest BCUT2D eigenvalue weighted by Gasteiger charge is -2.32. The molecule has 0 aromatic heterocycles. The Hall–Kier alpha value is -4.28. The van der Waals surface area contributed by atoms with Crippen molar-refractivity contribution in [2.75, 3.05) is 26.2 Å². The maximum atomic E-state index is 13.0. The van der Waals surface area contributed by atoms with Gasteiger partial charge in [-0.3, -0.25) is 14.4 Å². The molecule has 0 unspecified atom stereocenters. The van der Waals surface area contributed by atoms with E-state index < -0.39 is 10.0 Å². The van der Waals surface area contributed by atoms with E-state index in [1.807, 2.05) is 41.3 Å². The third-order valence-corrected chi connectivity index (χ3v) is 9.43. The molecule has 0 atom stereocenters. The average molecular weight is 601 g/mol. The predicted octanol–water partition coefficient (Wildman–Crippen LogP) is 3.70. The fraction of sp³-hybridized carbons (Fsp3) is 0.303. The van der Waals surface area contributed by atoms with E-state index in [-0.39, 0.29) is 34.7 Å². The third-order valence-electron chi connectivity index (χ3n) is 7.89. The lowest BCUT2D eigenvalue weighted by atomic mass is 10.0. The maximum Gasteiger partial charge on any atom is 0.253 e. The molecule has 0 radical (unpaired) electrons. The van der Waals surface area contributed by atoms with Crippen molar-refractivity contribution in [3.05, 3.63) is 108 Å². The van der Waals surface area contributed by atoms with Gasteiger partial charge in [0.2, 0.25) is 15.9 Å². The minimum Gasteiger partial charge on any atom is -0.350 e. The second-order valence-electron chi connectivity index (χ2n) is 10.9. The number of nitrogens with zero attached hydrogens (tertiary/aromatic N) is 2. The van der Waals surface area contributed by atoms with E-state index in [0.29, 0.717) is 68.6 Å². The number of hydrogen-bond acceptors (Lipinski definition) is 5. The molecule has 3 amide bonds. The van der Waals surface area contributed by atoms with Crippen molar-refractivity contribution in [3.63, 3.8) is 0 Å². The van der Waals surface area contributed by atoms with Gasteiger partial charge in [0.1, 0.15) is 0 Å². The normalized spacial score (nSPS) is 16.7. The summed E-state index contributed by atoms with van der Waals surface area (Å²) in [6.45, 7) is 2.13. The van der Waals surface area contributed by atoms with E-state index in [2.05, 4.69) is 10.0 Å². The molecular formula is C33H36N4O5S. The molecule has 0 aliphatic carbocycles. The van der Waals surface area contributed by atoms with E-state index in [4.69, 9.17) is 0 Å². The first kappa shape index (κ1) is 30.2. The highest BCUT2D eigenvalue weighted by Gasteiger charge is 2.27. The summed E-state index contributed by atoms with van der Waals surface area (Å²) in [5.41, 5.74) is 2.00. The highest BCUT2D eigenvalue weighted by atomic mass is 32.2. The SMILES string of the molecule is O=C(C=Cc1ccc(S(=O)(=O)NC2CCN(C(=O)c3ccccc3)CC2)cc1)NC1CCN(C(=O)c2ccccc2)CC1. The molecule has 2 saturated heterocycles. The van der Waals surface area contributed by atoms with Gasteiger partial charge in [-0.2, -0.15) is 0 Å². The van der Waals surface area contributed by atoms with Crippen molar-refractivity contribution in [2.24, 2.45) is 0 Å². The van der Waals surface area contributed by atoms with Crippen molar-refractivity contribution >= 4 is 33.8 Å². The van der Waals surface area contributed by atoms with Crippen LogP contribution >= 0.6 is 0 Å². The van der Waals surface area contributed by atoms with Crippen LogP contribution < -0.4 is 10.0 Å². The summed E-state index contributed by atoms with van der Waals surface area (Å²) in [6, 6.07) is 24.4. The third kappa shape index (κ3) is 7.97. The van der Waals surface area contributed by atoms with E-state index in [1.54, 1.807) is 47.4 Å². The minimum absolute atomic E-state index is 0.00615. The zero-order valence-corrected chi connectivity index (χ0v) is 24.7. The minimum atomic E-state index is -3.73. The zero-order chi connectivity index (χ0) is 30.2. The van der Waals surface area contributed by atoms with Gasteiger partial charge < -0.3 is 15.1 Å². The van der Waals surface area contributed by atoms with Gasteiger partial charge in [0.25, 0.3) is 11.8 Å². The lowest BCUT2D eigenvalue weighted by Crippen LogP contribution is -2.46. The van der Waals surface area contributed by atoms with Crippen LogP contribution in [0.4, 0.5) is 0 Å². The van der Waals surface area contributed by atoms with Gasteiger partial charge >= 0.3 is 0 Å². The number of benzene rings is 3. The number of rotatable bonds is 8. The van der Waals surface area contributed by atoms with Crippen LogP contribution in [0.15, 0.2) is 95.9 Å². The van der Waals surface area contributed by atoms with Crippen LogP contribution in [0, 0.1) is 0 Å². The summed E-state index contributed by atoms with van der Waals surface area (Å²) < 4.78 is 28.7. The summed E-state index contributed by atoms with van der Waals surface area (Å²) in [6.07, 6.45) is 5.52. The smallest absolute Gasteiger partial charge is 0.253 e. The highest BCUT2D eigenvalue weighted by molar-refractivity contribution is 7.89. The molecule has 0 spiro atoms. The number of carbonyl (C=O) groups excluding carboxylic acids is 3. The predicted molar refractivity (Wildman–Crippen MR) is 165 cm³/mol. The molecule has 2 heterocycles. The van der Waals surface area contributed by atoms with Crippen molar-refractivity contribution in [2.45, 2.75) is 42.7 Å². The first-order chi connectivity index (χ1) is 20.8. The quantitative estimate of drug-likeness (QED) is 0.383. The molecule has 3 aromatic carbocycles. The monoisotopic (exact) mass is 600 g/mol. The Bertz CT molecular complexity index is 1540. The molecular weight excluding hydrogens is 564 g/mol. The molecule has 43 heavy (non-hydrogen) atoms. The van der Waals surface area contributed by atoms with Gasteiger partial charge in [-0.25, -0.2) is 13.1 Å². The number of nitrogens with one attached hydrogen (secondary N) is 2. The molecule has 3 aromatic rings. The Kier molecular flexibility index (Phi) is 9.68. The first-order valence-electron chi connectivity index (χ1n) is 14.6. The van der Waals surface area contributed by atoms with Crippen molar-refractivity contribution in [1.29, 1.82) is 0 Å². The molecule has 2 aliphatic heterocycles. The molecule has 0 saturated carbocycles. The molecule has 10 heteroatoms. The van der Waals surface area contributed by atoms with Crippen LogP contribution in [0.2, 0.25) is 0 Å². The Balaban J connectivity index is 1.06. The van der Waals surface area contributed by atoms with Gasteiger partial charge in [-0.15, -0.1) is 0 Å². The van der Waals surface area contributed by atoms with Crippen LogP contribution in [0.3, 0.4) is 0 Å². The second-order valence-corrected chi connectivity index (χ2v) is 12.6. The molecule has 0 bridgehead atoms. The van der Waals surface area contributed by atoms with E-state index in [0.717, 1.165) is 0 Å². The van der Waals surface area contributed by atoms with Gasteiger partial charge in [0.05, 0.1) is 4.90 Å². The Labute approximate surface area is 252 Å². The summed E-state index contributed by atoms with van der Waals surface area (Å²) in [7, 11) is -3.73. The highest BCUT2D eigenvalue weighted by Crippen LogP contribution is 2.18. The number of piperidine rings is 2. The summed E-state index contributed by atoms with van der Waals surface area (Å²) >= 11 is 0. The number of carbonyl (C=O) groups is 3. The molecule has 2 N–H and O–H groups in total. The first-order valence-corrected chi connectivity index (χ1v) is 16.1. The van der Waals surface area contributed by atoms with E-state index in [9.17, 15) is 22.8 Å². The topological polar surface area (TPSA) is 116 Å². The zero-order valence-electron chi connectivity index (χ0n) is 23.9.